The number of hydrogen-bond donors (Lipinski definition) is 3. The van der Waals surface area contributed by atoms with Gasteiger partial charge in [0.25, 0.3) is 0 Å². The highest BCUT2D eigenvalue weighted by molar-refractivity contribution is 5.78. The molecule has 2 aliphatic rings. The summed E-state index contributed by atoms with van der Waals surface area (Å²) < 4.78 is 0. The highest BCUT2D eigenvalue weighted by atomic mass is 16.3. The number of aliphatic hydroxyl groups is 1. The molecular formula is C23H33N3O3. The Labute approximate surface area is 173 Å². The van der Waals surface area contributed by atoms with Crippen LogP contribution in [0.5, 0.6) is 0 Å². The van der Waals surface area contributed by atoms with Crippen molar-refractivity contribution in [3.63, 3.8) is 0 Å². The largest absolute Gasteiger partial charge is 0.394 e. The minimum Gasteiger partial charge on any atom is -0.394 e. The molecule has 6 heteroatoms. The second-order valence-electron chi connectivity index (χ2n) is 7.88. The maximum absolute atomic E-state index is 12.7. The zero-order valence-corrected chi connectivity index (χ0v) is 17.5. The van der Waals surface area contributed by atoms with Crippen LogP contribution in [0.1, 0.15) is 63.0 Å². The highest BCUT2D eigenvalue weighted by Gasteiger charge is 2.51. The van der Waals surface area contributed by atoms with Crippen LogP contribution in [-0.4, -0.2) is 53.7 Å². The molecule has 6 nitrogen and oxygen atoms in total. The first kappa shape index (κ1) is 21.4. The first-order valence-corrected chi connectivity index (χ1v) is 10.8. The smallest absolute Gasteiger partial charge is 0.318 e. The number of carbonyl (C=O) groups excluding carboxylic acids is 2. The van der Waals surface area contributed by atoms with Gasteiger partial charge in [0.05, 0.1) is 18.7 Å². The lowest BCUT2D eigenvalue weighted by Gasteiger charge is -2.54. The number of carbonyl (C=O) groups is 2. The molecule has 1 aromatic rings. The van der Waals surface area contributed by atoms with Gasteiger partial charge in [0.15, 0.2) is 0 Å². The molecule has 0 bridgehead atoms. The van der Waals surface area contributed by atoms with Crippen LogP contribution in [0.2, 0.25) is 0 Å². The summed E-state index contributed by atoms with van der Waals surface area (Å²) in [7, 11) is 0. The van der Waals surface area contributed by atoms with Gasteiger partial charge in [-0.1, -0.05) is 44.2 Å². The number of nitrogens with one attached hydrogen (secondary N) is 2. The van der Waals surface area contributed by atoms with E-state index in [0.717, 1.165) is 24.8 Å². The summed E-state index contributed by atoms with van der Waals surface area (Å²) in [5, 5.41) is 15.8. The van der Waals surface area contributed by atoms with Gasteiger partial charge in [0.2, 0.25) is 5.91 Å². The summed E-state index contributed by atoms with van der Waals surface area (Å²) in [5.74, 6) is -0.0372. The molecule has 1 fully saturated rings. The minimum absolute atomic E-state index is 0.00357. The van der Waals surface area contributed by atoms with Gasteiger partial charge in [-0.15, -0.1) is 0 Å². The average molecular weight is 400 g/mol. The number of urea groups is 1. The molecule has 0 unspecified atom stereocenters. The molecule has 1 aromatic carbocycles. The van der Waals surface area contributed by atoms with Crippen molar-refractivity contribution in [1.29, 1.82) is 0 Å². The van der Waals surface area contributed by atoms with E-state index in [1.54, 1.807) is 4.90 Å². The number of rotatable bonds is 8. The first-order valence-electron chi connectivity index (χ1n) is 10.8. The molecule has 3 amide bonds. The minimum atomic E-state index is -0.285. The second-order valence-corrected chi connectivity index (χ2v) is 7.88. The number of aliphatic hydroxyl groups excluding tert-OH is 1. The Morgan fingerprint density at radius 1 is 1.14 bits per heavy atom. The van der Waals surface area contributed by atoms with Gasteiger partial charge in [0.1, 0.15) is 0 Å². The van der Waals surface area contributed by atoms with Crippen molar-refractivity contribution in [3.05, 3.63) is 41.5 Å². The lowest BCUT2D eigenvalue weighted by Crippen LogP contribution is -2.70. The summed E-state index contributed by atoms with van der Waals surface area (Å²) >= 11 is 0. The molecule has 1 aliphatic carbocycles. The van der Waals surface area contributed by atoms with Crippen molar-refractivity contribution < 1.29 is 14.7 Å². The van der Waals surface area contributed by atoms with Crippen LogP contribution >= 0.6 is 0 Å². The second kappa shape index (κ2) is 9.92. The Morgan fingerprint density at radius 3 is 2.48 bits per heavy atom. The molecule has 3 N–H and O–H groups in total. The first-order chi connectivity index (χ1) is 14.1. The molecular weight excluding hydrogens is 366 g/mol. The van der Waals surface area contributed by atoms with Gasteiger partial charge < -0.3 is 20.6 Å². The van der Waals surface area contributed by atoms with Crippen LogP contribution in [0, 0.1) is 0 Å². The van der Waals surface area contributed by atoms with Crippen molar-refractivity contribution in [2.45, 2.75) is 64.0 Å². The molecule has 3 atom stereocenters. The number of hydrogen-bond acceptors (Lipinski definition) is 3. The molecule has 0 saturated carbocycles. The summed E-state index contributed by atoms with van der Waals surface area (Å²) in [6.07, 6.45) is 7.05. The number of benzene rings is 1. The standard InChI is InChI=1S/C23H33N3O3/c1-3-13-24-23(29)26-19(14-25-21(28)4-2)22(20(26)15-27)18-11-9-17(10-12-18)16-7-5-6-8-16/h7,9-12,19-20,22,27H,3-6,8,13-15H2,1-2H3,(H,24,29)(H,25,28)/t19-,20+,22-/m1/s1. The Hall–Kier alpha value is -2.34. The van der Waals surface area contributed by atoms with E-state index in [1.165, 1.54) is 17.6 Å². The van der Waals surface area contributed by atoms with Crippen molar-refractivity contribution in [2.24, 2.45) is 0 Å². The number of nitrogens with zero attached hydrogens (tertiary/aromatic N) is 1. The van der Waals surface area contributed by atoms with E-state index in [4.69, 9.17) is 0 Å². The summed E-state index contributed by atoms with van der Waals surface area (Å²) in [4.78, 5) is 26.2. The van der Waals surface area contributed by atoms with E-state index in [9.17, 15) is 14.7 Å². The van der Waals surface area contributed by atoms with Gasteiger partial charge in [-0.25, -0.2) is 4.79 Å². The van der Waals surface area contributed by atoms with Gasteiger partial charge >= 0.3 is 6.03 Å². The van der Waals surface area contributed by atoms with Gasteiger partial charge in [0, 0.05) is 25.4 Å². The molecule has 158 valence electrons. The van der Waals surface area contributed by atoms with Crippen LogP contribution < -0.4 is 10.6 Å². The molecule has 0 radical (unpaired) electrons. The zero-order chi connectivity index (χ0) is 20.8. The normalized spacial score (nSPS) is 23.3. The van der Waals surface area contributed by atoms with E-state index in [1.807, 2.05) is 13.8 Å². The Bertz CT molecular complexity index is 744. The summed E-state index contributed by atoms with van der Waals surface area (Å²) in [5.41, 5.74) is 3.75. The topological polar surface area (TPSA) is 81.7 Å². The number of amides is 3. The summed E-state index contributed by atoms with van der Waals surface area (Å²) in [6.45, 7) is 4.70. The van der Waals surface area contributed by atoms with Gasteiger partial charge in [-0.3, -0.25) is 4.79 Å². The van der Waals surface area contributed by atoms with Crippen LogP contribution in [0.4, 0.5) is 4.79 Å². The lowest BCUT2D eigenvalue weighted by molar-refractivity contribution is -0.121. The maximum atomic E-state index is 12.7. The van der Waals surface area contributed by atoms with E-state index < -0.39 is 0 Å². The van der Waals surface area contributed by atoms with E-state index >= 15 is 0 Å². The van der Waals surface area contributed by atoms with Crippen molar-refractivity contribution in [3.8, 4) is 0 Å². The van der Waals surface area contributed by atoms with Crippen molar-refractivity contribution >= 4 is 17.5 Å². The average Bonchev–Trinajstić information content (AvgIpc) is 3.26. The lowest BCUT2D eigenvalue weighted by atomic mass is 9.75. The van der Waals surface area contributed by atoms with Crippen LogP contribution in [0.3, 0.4) is 0 Å². The van der Waals surface area contributed by atoms with Gasteiger partial charge in [-0.2, -0.15) is 0 Å². The number of allylic oxidation sites excluding steroid dienone is 2. The fraction of sp³-hybridized carbons (Fsp3) is 0.565. The fourth-order valence-electron chi connectivity index (χ4n) is 4.44. The van der Waals surface area contributed by atoms with Crippen LogP contribution in [0.15, 0.2) is 30.3 Å². The molecule has 3 rings (SSSR count). The van der Waals surface area contributed by atoms with E-state index in [2.05, 4.69) is 41.0 Å². The van der Waals surface area contributed by atoms with E-state index in [-0.39, 0.29) is 36.5 Å². The highest BCUT2D eigenvalue weighted by Crippen LogP contribution is 2.41. The Balaban J connectivity index is 1.79. The third kappa shape index (κ3) is 4.64. The Kier molecular flexibility index (Phi) is 7.31. The van der Waals surface area contributed by atoms with Crippen LogP contribution in [-0.2, 0) is 4.79 Å². The summed E-state index contributed by atoms with van der Waals surface area (Å²) in [6, 6.07) is 7.87. The van der Waals surface area contributed by atoms with Crippen LogP contribution in [0.25, 0.3) is 5.57 Å². The molecule has 0 aromatic heterocycles. The van der Waals surface area contributed by atoms with Crippen molar-refractivity contribution in [2.75, 3.05) is 19.7 Å². The molecule has 1 saturated heterocycles. The predicted molar refractivity (Wildman–Crippen MR) is 115 cm³/mol. The quantitative estimate of drug-likeness (QED) is 0.628. The zero-order valence-electron chi connectivity index (χ0n) is 17.5. The van der Waals surface area contributed by atoms with Gasteiger partial charge in [-0.05, 0) is 42.4 Å². The fourth-order valence-corrected chi connectivity index (χ4v) is 4.44. The number of likely N-dealkylation sites (tertiary alicyclic amines) is 1. The predicted octanol–water partition coefficient (Wildman–Crippen LogP) is 3.03. The SMILES string of the molecule is CCCNC(=O)N1[C@H](CNC(=O)CC)[C@@H](c2ccc(C3=CCCC3)cc2)[C@@H]1CO. The van der Waals surface area contributed by atoms with Crippen molar-refractivity contribution in [1.82, 2.24) is 15.5 Å². The molecule has 0 spiro atoms. The third-order valence-electron chi connectivity index (χ3n) is 6.03. The monoisotopic (exact) mass is 399 g/mol. The molecule has 1 heterocycles. The Morgan fingerprint density at radius 2 is 1.90 bits per heavy atom. The van der Waals surface area contributed by atoms with E-state index in [0.29, 0.717) is 19.5 Å². The maximum Gasteiger partial charge on any atom is 0.318 e. The third-order valence-corrected chi connectivity index (χ3v) is 6.03. The molecule has 1 aliphatic heterocycles. The molecule has 29 heavy (non-hydrogen) atoms.